The zero-order chi connectivity index (χ0) is 12.4. The van der Waals surface area contributed by atoms with Crippen LogP contribution in [-0.4, -0.2) is 56.6 Å². The fraction of sp³-hybridized carbons (Fsp3) is 0.800. The average molecular weight is 231 g/mol. The molecular weight excluding hydrogens is 210 g/mol. The first kappa shape index (κ1) is 14.9. The largest absolute Gasteiger partial charge is 0.466 e. The molecule has 0 aromatic carbocycles. The van der Waals surface area contributed by atoms with E-state index in [1.807, 2.05) is 0 Å². The van der Waals surface area contributed by atoms with Gasteiger partial charge in [0, 0.05) is 19.6 Å². The van der Waals surface area contributed by atoms with E-state index in [2.05, 4.69) is 5.32 Å². The molecule has 94 valence electrons. The highest BCUT2D eigenvalue weighted by molar-refractivity contribution is 5.78. The number of rotatable bonds is 8. The number of hydrogen-bond donors (Lipinski definition) is 2. The summed E-state index contributed by atoms with van der Waals surface area (Å²) in [6.45, 7) is 3.83. The predicted octanol–water partition coefficient (Wildman–Crippen LogP) is -1.05. The molecule has 0 heterocycles. The molecule has 0 rings (SSSR count). The summed E-state index contributed by atoms with van der Waals surface area (Å²) < 4.78 is 4.78. The van der Waals surface area contributed by atoms with Crippen molar-refractivity contribution in [1.82, 2.24) is 10.2 Å². The SMILES string of the molecule is CCOC(=O)CCN(C)CC(=O)NCCN. The van der Waals surface area contributed by atoms with Crippen molar-refractivity contribution < 1.29 is 14.3 Å². The van der Waals surface area contributed by atoms with Crippen molar-refractivity contribution in [3.63, 3.8) is 0 Å². The molecule has 0 aromatic heterocycles. The van der Waals surface area contributed by atoms with E-state index >= 15 is 0 Å². The molecule has 3 N–H and O–H groups in total. The monoisotopic (exact) mass is 231 g/mol. The fourth-order valence-electron chi connectivity index (χ4n) is 1.11. The summed E-state index contributed by atoms with van der Waals surface area (Å²) in [5.74, 6) is -0.325. The molecule has 6 nitrogen and oxygen atoms in total. The summed E-state index contributed by atoms with van der Waals surface area (Å²) in [4.78, 5) is 24.1. The Morgan fingerprint density at radius 3 is 2.69 bits per heavy atom. The summed E-state index contributed by atoms with van der Waals surface area (Å²) in [6.07, 6.45) is 0.300. The van der Waals surface area contributed by atoms with Crippen LogP contribution in [0.2, 0.25) is 0 Å². The molecule has 0 saturated heterocycles. The van der Waals surface area contributed by atoms with Crippen molar-refractivity contribution in [2.75, 3.05) is 39.8 Å². The second-order valence-corrected chi connectivity index (χ2v) is 3.43. The number of carbonyl (C=O) groups is 2. The molecule has 0 radical (unpaired) electrons. The van der Waals surface area contributed by atoms with Crippen LogP contribution >= 0.6 is 0 Å². The number of nitrogens with one attached hydrogen (secondary N) is 1. The summed E-state index contributed by atoms with van der Waals surface area (Å²) in [7, 11) is 1.78. The molecule has 0 saturated carbocycles. The number of amides is 1. The van der Waals surface area contributed by atoms with Crippen LogP contribution in [0, 0.1) is 0 Å². The van der Waals surface area contributed by atoms with Gasteiger partial charge in [-0.2, -0.15) is 0 Å². The van der Waals surface area contributed by atoms with Crippen molar-refractivity contribution in [2.24, 2.45) is 5.73 Å². The van der Waals surface area contributed by atoms with Gasteiger partial charge in [0.25, 0.3) is 0 Å². The van der Waals surface area contributed by atoms with Crippen molar-refractivity contribution in [2.45, 2.75) is 13.3 Å². The third kappa shape index (κ3) is 8.19. The van der Waals surface area contributed by atoms with E-state index in [-0.39, 0.29) is 18.4 Å². The fourth-order valence-corrected chi connectivity index (χ4v) is 1.11. The number of ether oxygens (including phenoxy) is 1. The van der Waals surface area contributed by atoms with Gasteiger partial charge in [0.1, 0.15) is 0 Å². The number of hydrogen-bond acceptors (Lipinski definition) is 5. The highest BCUT2D eigenvalue weighted by atomic mass is 16.5. The van der Waals surface area contributed by atoms with E-state index in [0.717, 1.165) is 0 Å². The van der Waals surface area contributed by atoms with Crippen molar-refractivity contribution in [3.8, 4) is 0 Å². The van der Waals surface area contributed by atoms with Gasteiger partial charge in [-0.15, -0.1) is 0 Å². The maximum Gasteiger partial charge on any atom is 0.307 e. The molecule has 0 spiro atoms. The molecular formula is C10H21N3O3. The van der Waals surface area contributed by atoms with Gasteiger partial charge in [0.2, 0.25) is 5.91 Å². The minimum atomic E-state index is -0.239. The highest BCUT2D eigenvalue weighted by Crippen LogP contribution is 1.90. The summed E-state index contributed by atoms with van der Waals surface area (Å²) >= 11 is 0. The Morgan fingerprint density at radius 1 is 1.44 bits per heavy atom. The van der Waals surface area contributed by atoms with Crippen molar-refractivity contribution in [1.29, 1.82) is 0 Å². The van der Waals surface area contributed by atoms with E-state index in [1.54, 1.807) is 18.9 Å². The number of esters is 1. The molecule has 6 heteroatoms. The number of nitrogens with two attached hydrogens (primary N) is 1. The van der Waals surface area contributed by atoms with Crippen LogP contribution in [0.25, 0.3) is 0 Å². The van der Waals surface area contributed by atoms with Gasteiger partial charge in [-0.3, -0.25) is 14.5 Å². The van der Waals surface area contributed by atoms with Gasteiger partial charge in [0.05, 0.1) is 19.6 Å². The van der Waals surface area contributed by atoms with Crippen LogP contribution in [0.5, 0.6) is 0 Å². The Bertz CT molecular complexity index is 221. The van der Waals surface area contributed by atoms with Gasteiger partial charge in [-0.1, -0.05) is 0 Å². The summed E-state index contributed by atoms with van der Waals surface area (Å²) in [5.41, 5.74) is 5.25. The molecule has 0 aromatic rings. The first-order valence-corrected chi connectivity index (χ1v) is 5.41. The molecule has 0 bridgehead atoms. The lowest BCUT2D eigenvalue weighted by Gasteiger charge is -2.15. The van der Waals surface area contributed by atoms with Crippen LogP contribution in [-0.2, 0) is 14.3 Å². The first-order valence-electron chi connectivity index (χ1n) is 5.41. The first-order chi connectivity index (χ1) is 7.60. The quantitative estimate of drug-likeness (QED) is 0.520. The van der Waals surface area contributed by atoms with E-state index in [0.29, 0.717) is 32.7 Å². The highest BCUT2D eigenvalue weighted by Gasteiger charge is 2.08. The molecule has 0 aliphatic rings. The second kappa shape index (κ2) is 9.11. The van der Waals surface area contributed by atoms with E-state index < -0.39 is 0 Å². The zero-order valence-electron chi connectivity index (χ0n) is 9.99. The maximum absolute atomic E-state index is 11.3. The van der Waals surface area contributed by atoms with Crippen LogP contribution < -0.4 is 11.1 Å². The van der Waals surface area contributed by atoms with Gasteiger partial charge in [-0.25, -0.2) is 0 Å². The topological polar surface area (TPSA) is 84.7 Å². The average Bonchev–Trinajstić information content (AvgIpc) is 2.24. The maximum atomic E-state index is 11.3. The van der Waals surface area contributed by atoms with Gasteiger partial charge in [0.15, 0.2) is 0 Å². The van der Waals surface area contributed by atoms with Gasteiger partial charge < -0.3 is 15.8 Å². The van der Waals surface area contributed by atoms with Crippen LogP contribution in [0.1, 0.15) is 13.3 Å². The van der Waals surface area contributed by atoms with E-state index in [4.69, 9.17) is 10.5 Å². The Labute approximate surface area is 96.1 Å². The van der Waals surface area contributed by atoms with E-state index in [9.17, 15) is 9.59 Å². The molecule has 0 unspecified atom stereocenters. The second-order valence-electron chi connectivity index (χ2n) is 3.43. The number of nitrogens with zero attached hydrogens (tertiary/aromatic N) is 1. The molecule has 16 heavy (non-hydrogen) atoms. The molecule has 1 amide bonds. The smallest absolute Gasteiger partial charge is 0.307 e. The van der Waals surface area contributed by atoms with Gasteiger partial charge in [-0.05, 0) is 14.0 Å². The lowest BCUT2D eigenvalue weighted by Crippen LogP contribution is -2.38. The number of likely N-dealkylation sites (N-methyl/N-ethyl adjacent to an activating group) is 1. The lowest BCUT2D eigenvalue weighted by atomic mass is 10.4. The van der Waals surface area contributed by atoms with Crippen molar-refractivity contribution in [3.05, 3.63) is 0 Å². The van der Waals surface area contributed by atoms with Crippen LogP contribution in [0.15, 0.2) is 0 Å². The standard InChI is InChI=1S/C10H21N3O3/c1-3-16-10(15)4-7-13(2)8-9(14)12-6-5-11/h3-8,11H2,1-2H3,(H,12,14). The van der Waals surface area contributed by atoms with Crippen LogP contribution in [0.3, 0.4) is 0 Å². The summed E-state index contributed by atoms with van der Waals surface area (Å²) in [5, 5.41) is 2.65. The molecule has 0 atom stereocenters. The molecule has 0 fully saturated rings. The zero-order valence-corrected chi connectivity index (χ0v) is 9.99. The summed E-state index contributed by atoms with van der Waals surface area (Å²) in [6, 6.07) is 0. The van der Waals surface area contributed by atoms with E-state index in [1.165, 1.54) is 0 Å². The van der Waals surface area contributed by atoms with Gasteiger partial charge >= 0.3 is 5.97 Å². The van der Waals surface area contributed by atoms with Crippen LogP contribution in [0.4, 0.5) is 0 Å². The Morgan fingerprint density at radius 2 is 2.12 bits per heavy atom. The Balaban J connectivity index is 3.61. The Hall–Kier alpha value is -1.14. The molecule has 0 aliphatic carbocycles. The minimum absolute atomic E-state index is 0.0863. The lowest BCUT2D eigenvalue weighted by molar-refractivity contribution is -0.143. The third-order valence-electron chi connectivity index (χ3n) is 1.88. The minimum Gasteiger partial charge on any atom is -0.466 e. The molecule has 0 aliphatic heterocycles. The normalized spacial score (nSPS) is 10.2. The Kier molecular flexibility index (Phi) is 8.46. The predicted molar refractivity (Wildman–Crippen MR) is 60.8 cm³/mol. The van der Waals surface area contributed by atoms with Crippen molar-refractivity contribution >= 4 is 11.9 Å². The number of carbonyl (C=O) groups excluding carboxylic acids is 2. The third-order valence-corrected chi connectivity index (χ3v) is 1.88.